The lowest BCUT2D eigenvalue weighted by Gasteiger charge is -2.12. The van der Waals surface area contributed by atoms with Crippen LogP contribution in [-0.4, -0.2) is 32.1 Å². The lowest BCUT2D eigenvalue weighted by molar-refractivity contribution is 0.0948. The fourth-order valence-corrected chi connectivity index (χ4v) is 2.38. The standard InChI is InChI=1S/C15H22N2O2/c1-2-19-14-6-4-3-5-13(14)15(18)17-10-8-12-7-9-16-11-12/h3-6,12,16H,2,7-11H2,1H3,(H,17,18). The van der Waals surface area contributed by atoms with Crippen LogP contribution in [0.4, 0.5) is 0 Å². The summed E-state index contributed by atoms with van der Waals surface area (Å²) in [5.74, 6) is 1.31. The quantitative estimate of drug-likeness (QED) is 0.822. The first-order chi connectivity index (χ1) is 9.31. The molecular formula is C15H22N2O2. The number of amides is 1. The first-order valence-electron chi connectivity index (χ1n) is 7.02. The number of ether oxygens (including phenoxy) is 1. The number of benzene rings is 1. The Morgan fingerprint density at radius 1 is 1.47 bits per heavy atom. The molecule has 1 fully saturated rings. The Kier molecular flexibility index (Phi) is 5.21. The molecule has 0 bridgehead atoms. The second-order valence-corrected chi connectivity index (χ2v) is 4.83. The third-order valence-electron chi connectivity index (χ3n) is 3.43. The Balaban J connectivity index is 1.84. The van der Waals surface area contributed by atoms with E-state index in [4.69, 9.17) is 4.74 Å². The van der Waals surface area contributed by atoms with Crippen molar-refractivity contribution in [3.63, 3.8) is 0 Å². The van der Waals surface area contributed by atoms with Crippen molar-refractivity contribution in [1.82, 2.24) is 10.6 Å². The van der Waals surface area contributed by atoms with Crippen molar-refractivity contribution in [3.8, 4) is 5.75 Å². The van der Waals surface area contributed by atoms with Gasteiger partial charge in [-0.05, 0) is 50.9 Å². The molecule has 1 atom stereocenters. The second kappa shape index (κ2) is 7.14. The van der Waals surface area contributed by atoms with Gasteiger partial charge >= 0.3 is 0 Å². The van der Waals surface area contributed by atoms with Crippen LogP contribution >= 0.6 is 0 Å². The summed E-state index contributed by atoms with van der Waals surface area (Å²) >= 11 is 0. The van der Waals surface area contributed by atoms with E-state index in [-0.39, 0.29) is 5.91 Å². The average molecular weight is 262 g/mol. The van der Waals surface area contributed by atoms with Crippen molar-refractivity contribution in [2.24, 2.45) is 5.92 Å². The van der Waals surface area contributed by atoms with Crippen LogP contribution in [-0.2, 0) is 0 Å². The zero-order chi connectivity index (χ0) is 13.5. The van der Waals surface area contributed by atoms with Crippen molar-refractivity contribution in [2.75, 3.05) is 26.2 Å². The van der Waals surface area contributed by atoms with E-state index in [1.807, 2.05) is 25.1 Å². The molecule has 1 aliphatic heterocycles. The third-order valence-corrected chi connectivity index (χ3v) is 3.43. The van der Waals surface area contributed by atoms with Gasteiger partial charge in [-0.1, -0.05) is 12.1 Å². The summed E-state index contributed by atoms with van der Waals surface area (Å²) in [5.41, 5.74) is 0.619. The van der Waals surface area contributed by atoms with E-state index < -0.39 is 0 Å². The molecule has 2 rings (SSSR count). The first kappa shape index (κ1) is 13.9. The minimum atomic E-state index is -0.0463. The van der Waals surface area contributed by atoms with E-state index in [0.717, 1.165) is 26.1 Å². The van der Waals surface area contributed by atoms with Crippen LogP contribution in [0.3, 0.4) is 0 Å². The Labute approximate surface area is 114 Å². The van der Waals surface area contributed by atoms with E-state index in [1.54, 1.807) is 6.07 Å². The summed E-state index contributed by atoms with van der Waals surface area (Å²) in [7, 11) is 0. The predicted octanol–water partition coefficient (Wildman–Crippen LogP) is 1.81. The van der Waals surface area contributed by atoms with Crippen LogP contribution in [0.1, 0.15) is 30.1 Å². The molecule has 1 aliphatic rings. The number of para-hydroxylation sites is 1. The molecular weight excluding hydrogens is 240 g/mol. The van der Waals surface area contributed by atoms with E-state index in [0.29, 0.717) is 23.8 Å². The van der Waals surface area contributed by atoms with Crippen LogP contribution in [0.2, 0.25) is 0 Å². The zero-order valence-electron chi connectivity index (χ0n) is 11.4. The lowest BCUT2D eigenvalue weighted by atomic mass is 10.1. The highest BCUT2D eigenvalue weighted by Crippen LogP contribution is 2.18. The number of carbonyl (C=O) groups is 1. The Bertz CT molecular complexity index is 414. The third kappa shape index (κ3) is 3.96. The predicted molar refractivity (Wildman–Crippen MR) is 75.5 cm³/mol. The molecule has 4 nitrogen and oxygen atoms in total. The van der Waals surface area contributed by atoms with Crippen molar-refractivity contribution in [2.45, 2.75) is 19.8 Å². The summed E-state index contributed by atoms with van der Waals surface area (Å²) in [4.78, 5) is 12.1. The fraction of sp³-hybridized carbons (Fsp3) is 0.533. The summed E-state index contributed by atoms with van der Waals surface area (Å²) < 4.78 is 5.47. The molecule has 1 amide bonds. The maximum Gasteiger partial charge on any atom is 0.255 e. The molecule has 0 radical (unpaired) electrons. The highest BCUT2D eigenvalue weighted by molar-refractivity contribution is 5.96. The highest BCUT2D eigenvalue weighted by atomic mass is 16.5. The molecule has 19 heavy (non-hydrogen) atoms. The van der Waals surface area contributed by atoms with Gasteiger partial charge < -0.3 is 15.4 Å². The maximum absolute atomic E-state index is 12.1. The van der Waals surface area contributed by atoms with Gasteiger partial charge in [0.15, 0.2) is 0 Å². The van der Waals surface area contributed by atoms with Crippen LogP contribution in [0.25, 0.3) is 0 Å². The fourth-order valence-electron chi connectivity index (χ4n) is 2.38. The van der Waals surface area contributed by atoms with Crippen molar-refractivity contribution >= 4 is 5.91 Å². The summed E-state index contributed by atoms with van der Waals surface area (Å²) in [6.45, 7) is 5.39. The van der Waals surface area contributed by atoms with Gasteiger partial charge in [0.25, 0.3) is 5.91 Å². The van der Waals surface area contributed by atoms with Gasteiger partial charge in [-0.3, -0.25) is 4.79 Å². The van der Waals surface area contributed by atoms with Gasteiger partial charge in [0, 0.05) is 6.54 Å². The monoisotopic (exact) mass is 262 g/mol. The molecule has 2 N–H and O–H groups in total. The molecule has 0 saturated carbocycles. The molecule has 0 aromatic heterocycles. The van der Waals surface area contributed by atoms with Crippen LogP contribution in [0.15, 0.2) is 24.3 Å². The van der Waals surface area contributed by atoms with Crippen molar-refractivity contribution < 1.29 is 9.53 Å². The minimum Gasteiger partial charge on any atom is -0.493 e. The number of hydrogen-bond acceptors (Lipinski definition) is 3. The van der Waals surface area contributed by atoms with Gasteiger partial charge in [0.2, 0.25) is 0 Å². The van der Waals surface area contributed by atoms with E-state index >= 15 is 0 Å². The van der Waals surface area contributed by atoms with E-state index in [9.17, 15) is 4.79 Å². The van der Waals surface area contributed by atoms with Gasteiger partial charge in [0.1, 0.15) is 5.75 Å². The van der Waals surface area contributed by atoms with E-state index in [2.05, 4.69) is 10.6 Å². The Morgan fingerprint density at radius 2 is 2.32 bits per heavy atom. The van der Waals surface area contributed by atoms with Crippen LogP contribution < -0.4 is 15.4 Å². The molecule has 4 heteroatoms. The normalized spacial score (nSPS) is 18.3. The summed E-state index contributed by atoms with van der Waals surface area (Å²) in [6.07, 6.45) is 2.25. The van der Waals surface area contributed by atoms with Crippen LogP contribution in [0.5, 0.6) is 5.75 Å². The van der Waals surface area contributed by atoms with Gasteiger partial charge in [0.05, 0.1) is 12.2 Å². The summed E-state index contributed by atoms with van der Waals surface area (Å²) in [6, 6.07) is 7.38. The van der Waals surface area contributed by atoms with Crippen LogP contribution in [0, 0.1) is 5.92 Å². The number of carbonyl (C=O) groups excluding carboxylic acids is 1. The second-order valence-electron chi connectivity index (χ2n) is 4.83. The minimum absolute atomic E-state index is 0.0463. The molecule has 1 saturated heterocycles. The SMILES string of the molecule is CCOc1ccccc1C(=O)NCCC1CCNC1. The highest BCUT2D eigenvalue weighted by Gasteiger charge is 2.15. The topological polar surface area (TPSA) is 50.4 Å². The molecule has 0 spiro atoms. The van der Waals surface area contributed by atoms with Gasteiger partial charge in [-0.25, -0.2) is 0 Å². The molecule has 1 aromatic rings. The molecule has 1 unspecified atom stereocenters. The number of hydrogen-bond donors (Lipinski definition) is 2. The van der Waals surface area contributed by atoms with Gasteiger partial charge in [-0.2, -0.15) is 0 Å². The lowest BCUT2D eigenvalue weighted by Crippen LogP contribution is -2.26. The zero-order valence-corrected chi connectivity index (χ0v) is 11.4. The smallest absolute Gasteiger partial charge is 0.255 e. The maximum atomic E-state index is 12.1. The Hall–Kier alpha value is -1.55. The van der Waals surface area contributed by atoms with Crippen molar-refractivity contribution in [1.29, 1.82) is 0 Å². The van der Waals surface area contributed by atoms with E-state index in [1.165, 1.54) is 6.42 Å². The van der Waals surface area contributed by atoms with Gasteiger partial charge in [-0.15, -0.1) is 0 Å². The molecule has 104 valence electrons. The first-order valence-corrected chi connectivity index (χ1v) is 7.02. The number of rotatable bonds is 6. The number of nitrogens with one attached hydrogen (secondary N) is 2. The molecule has 1 aromatic carbocycles. The average Bonchev–Trinajstić information content (AvgIpc) is 2.93. The molecule has 0 aliphatic carbocycles. The summed E-state index contributed by atoms with van der Waals surface area (Å²) in [5, 5.41) is 6.31. The Morgan fingerprint density at radius 3 is 3.05 bits per heavy atom. The van der Waals surface area contributed by atoms with Crippen molar-refractivity contribution in [3.05, 3.63) is 29.8 Å². The molecule has 1 heterocycles. The largest absolute Gasteiger partial charge is 0.493 e.